The number of benzene rings is 2. The highest BCUT2D eigenvalue weighted by molar-refractivity contribution is 14.1. The molecule has 2 aromatic carbocycles. The lowest BCUT2D eigenvalue weighted by atomic mass is 9.99. The molecule has 1 unspecified atom stereocenters. The molecule has 1 heterocycles. The molecule has 0 bridgehead atoms. The Morgan fingerprint density at radius 2 is 2.05 bits per heavy atom. The fraction of sp³-hybridized carbons (Fsp3) is 0.250. The largest absolute Gasteiger partial charge is 0.493 e. The van der Waals surface area contributed by atoms with Crippen molar-refractivity contribution in [1.82, 2.24) is 0 Å². The first-order chi connectivity index (χ1) is 9.58. The summed E-state index contributed by atoms with van der Waals surface area (Å²) in [6.45, 7) is 2.80. The number of fused-ring (bicyclic) bond motifs is 1. The van der Waals surface area contributed by atoms with Gasteiger partial charge in [-0.2, -0.15) is 0 Å². The second-order valence-electron chi connectivity index (χ2n) is 4.92. The molecule has 0 spiro atoms. The van der Waals surface area contributed by atoms with E-state index >= 15 is 0 Å². The van der Waals surface area contributed by atoms with Crippen molar-refractivity contribution < 1.29 is 4.74 Å². The van der Waals surface area contributed by atoms with Gasteiger partial charge in [-0.05, 0) is 58.3 Å². The molecule has 1 atom stereocenters. The third-order valence-corrected chi connectivity index (χ3v) is 5.71. The normalized spacial score (nSPS) is 14.8. The van der Waals surface area contributed by atoms with E-state index in [2.05, 4.69) is 41.6 Å². The third-order valence-electron chi connectivity index (χ3n) is 3.54. The first-order valence-electron chi connectivity index (χ1n) is 6.42. The van der Waals surface area contributed by atoms with Crippen LogP contribution in [-0.2, 0) is 6.42 Å². The van der Waals surface area contributed by atoms with Crippen LogP contribution in [0.2, 0.25) is 5.02 Å². The van der Waals surface area contributed by atoms with E-state index in [9.17, 15) is 0 Å². The molecule has 0 saturated carbocycles. The van der Waals surface area contributed by atoms with Gasteiger partial charge in [0.15, 0.2) is 0 Å². The molecule has 0 fully saturated rings. The van der Waals surface area contributed by atoms with E-state index in [1.165, 1.54) is 9.13 Å². The molecular formula is C16H13Cl2IO. The van der Waals surface area contributed by atoms with Gasteiger partial charge in [-0.1, -0.05) is 29.8 Å². The summed E-state index contributed by atoms with van der Waals surface area (Å²) >= 11 is 15.3. The standard InChI is InChI=1S/C16H13Cl2IO/c1-9-3-2-4-12(15(9)19)14(18)13-8-11(17)7-10-5-6-20-16(10)13/h2-4,7-8,14H,5-6H2,1H3. The number of halogens is 3. The van der Waals surface area contributed by atoms with Crippen LogP contribution in [0.15, 0.2) is 30.3 Å². The number of rotatable bonds is 2. The van der Waals surface area contributed by atoms with Crippen LogP contribution in [0.3, 0.4) is 0 Å². The highest BCUT2D eigenvalue weighted by Gasteiger charge is 2.24. The first kappa shape index (κ1) is 14.5. The van der Waals surface area contributed by atoms with E-state index in [0.717, 1.165) is 33.9 Å². The summed E-state index contributed by atoms with van der Waals surface area (Å²) < 4.78 is 6.94. The molecule has 1 nitrogen and oxygen atoms in total. The second kappa shape index (κ2) is 5.74. The average Bonchev–Trinajstić information content (AvgIpc) is 2.88. The summed E-state index contributed by atoms with van der Waals surface area (Å²) in [4.78, 5) is 0. The third kappa shape index (κ3) is 2.53. The van der Waals surface area contributed by atoms with Gasteiger partial charge in [0, 0.05) is 20.6 Å². The molecule has 0 saturated heterocycles. The molecule has 3 rings (SSSR count). The van der Waals surface area contributed by atoms with Gasteiger partial charge in [0.05, 0.1) is 12.0 Å². The fourth-order valence-corrected chi connectivity index (χ4v) is 3.97. The van der Waals surface area contributed by atoms with E-state index in [-0.39, 0.29) is 5.38 Å². The first-order valence-corrected chi connectivity index (χ1v) is 8.31. The van der Waals surface area contributed by atoms with Gasteiger partial charge < -0.3 is 4.74 Å². The van der Waals surface area contributed by atoms with Crippen molar-refractivity contribution in [2.24, 2.45) is 0 Å². The number of hydrogen-bond acceptors (Lipinski definition) is 1. The molecule has 1 aliphatic rings. The molecular weight excluding hydrogens is 406 g/mol. The Balaban J connectivity index is 2.11. The molecule has 0 N–H and O–H groups in total. The highest BCUT2D eigenvalue weighted by atomic mass is 127. The van der Waals surface area contributed by atoms with E-state index < -0.39 is 0 Å². The van der Waals surface area contributed by atoms with Crippen LogP contribution >= 0.6 is 45.8 Å². The maximum atomic E-state index is 6.72. The molecule has 0 radical (unpaired) electrons. The number of alkyl halides is 1. The molecule has 0 amide bonds. The lowest BCUT2D eigenvalue weighted by molar-refractivity contribution is 0.353. The van der Waals surface area contributed by atoms with Crippen molar-refractivity contribution in [3.63, 3.8) is 0 Å². The molecule has 0 aliphatic carbocycles. The lowest BCUT2D eigenvalue weighted by Crippen LogP contribution is -2.00. The predicted octanol–water partition coefficient (Wildman–Crippen LogP) is 5.52. The number of hydrogen-bond donors (Lipinski definition) is 0. The van der Waals surface area contributed by atoms with Gasteiger partial charge in [0.1, 0.15) is 5.75 Å². The Bertz CT molecular complexity index is 670. The quantitative estimate of drug-likeness (QED) is 0.461. The minimum absolute atomic E-state index is 0.243. The summed E-state index contributed by atoms with van der Waals surface area (Å²) in [7, 11) is 0. The maximum absolute atomic E-state index is 6.72. The zero-order valence-corrected chi connectivity index (χ0v) is 14.6. The molecule has 104 valence electrons. The summed E-state index contributed by atoms with van der Waals surface area (Å²) in [6, 6.07) is 10.1. The van der Waals surface area contributed by atoms with E-state index in [1.807, 2.05) is 18.2 Å². The van der Waals surface area contributed by atoms with Gasteiger partial charge in [-0.3, -0.25) is 0 Å². The van der Waals surface area contributed by atoms with E-state index in [4.69, 9.17) is 27.9 Å². The Labute approximate surface area is 142 Å². The van der Waals surface area contributed by atoms with E-state index in [0.29, 0.717) is 6.61 Å². The Kier molecular flexibility index (Phi) is 4.16. The van der Waals surface area contributed by atoms with Crippen LogP contribution in [0.1, 0.15) is 27.6 Å². The summed E-state index contributed by atoms with van der Waals surface area (Å²) in [6.07, 6.45) is 0.900. The van der Waals surface area contributed by atoms with Gasteiger partial charge in [0.2, 0.25) is 0 Å². The van der Waals surface area contributed by atoms with Crippen LogP contribution in [-0.4, -0.2) is 6.61 Å². The fourth-order valence-electron chi connectivity index (χ4n) is 2.52. The lowest BCUT2D eigenvalue weighted by Gasteiger charge is -2.17. The Morgan fingerprint density at radius 1 is 1.25 bits per heavy atom. The van der Waals surface area contributed by atoms with Crippen molar-refractivity contribution in [1.29, 1.82) is 0 Å². The average molecular weight is 419 g/mol. The van der Waals surface area contributed by atoms with Gasteiger partial charge >= 0.3 is 0 Å². The van der Waals surface area contributed by atoms with Crippen molar-refractivity contribution in [3.8, 4) is 5.75 Å². The van der Waals surface area contributed by atoms with Crippen molar-refractivity contribution in [3.05, 3.63) is 61.2 Å². The van der Waals surface area contributed by atoms with Crippen molar-refractivity contribution in [2.45, 2.75) is 18.7 Å². The topological polar surface area (TPSA) is 9.23 Å². The molecule has 0 aromatic heterocycles. The summed E-state index contributed by atoms with van der Waals surface area (Å²) in [5.41, 5.74) is 4.46. The monoisotopic (exact) mass is 418 g/mol. The zero-order chi connectivity index (χ0) is 14.3. The minimum Gasteiger partial charge on any atom is -0.493 e. The van der Waals surface area contributed by atoms with Gasteiger partial charge in [-0.25, -0.2) is 0 Å². The van der Waals surface area contributed by atoms with Crippen LogP contribution in [0.5, 0.6) is 5.75 Å². The van der Waals surface area contributed by atoms with Gasteiger partial charge in [0.25, 0.3) is 0 Å². The Hall–Kier alpha value is -0.450. The molecule has 2 aromatic rings. The van der Waals surface area contributed by atoms with Crippen LogP contribution in [0.25, 0.3) is 0 Å². The van der Waals surface area contributed by atoms with Crippen LogP contribution < -0.4 is 4.74 Å². The maximum Gasteiger partial charge on any atom is 0.127 e. The number of aryl methyl sites for hydroxylation is 1. The minimum atomic E-state index is -0.243. The smallest absolute Gasteiger partial charge is 0.127 e. The van der Waals surface area contributed by atoms with Crippen molar-refractivity contribution in [2.75, 3.05) is 6.61 Å². The molecule has 1 aliphatic heterocycles. The zero-order valence-electron chi connectivity index (χ0n) is 10.9. The van der Waals surface area contributed by atoms with Gasteiger partial charge in [-0.15, -0.1) is 11.6 Å². The second-order valence-corrected chi connectivity index (χ2v) is 6.87. The molecule has 4 heteroatoms. The Morgan fingerprint density at radius 3 is 2.85 bits per heavy atom. The summed E-state index contributed by atoms with van der Waals surface area (Å²) in [5, 5.41) is 0.477. The molecule has 20 heavy (non-hydrogen) atoms. The van der Waals surface area contributed by atoms with Crippen molar-refractivity contribution >= 4 is 45.8 Å². The predicted molar refractivity (Wildman–Crippen MR) is 92.2 cm³/mol. The van der Waals surface area contributed by atoms with E-state index in [1.54, 1.807) is 0 Å². The van der Waals surface area contributed by atoms with Crippen LogP contribution in [0, 0.1) is 10.5 Å². The SMILES string of the molecule is Cc1cccc(C(Cl)c2cc(Cl)cc3c2OCC3)c1I. The summed E-state index contributed by atoms with van der Waals surface area (Å²) in [5.74, 6) is 0.909. The number of ether oxygens (including phenoxy) is 1. The highest BCUT2D eigenvalue weighted by Crippen LogP contribution is 2.42. The van der Waals surface area contributed by atoms with Crippen LogP contribution in [0.4, 0.5) is 0 Å².